The predicted octanol–water partition coefficient (Wildman–Crippen LogP) is 4.09. The molecule has 108 valence electrons. The van der Waals surface area contributed by atoms with Crippen molar-refractivity contribution in [1.82, 2.24) is 9.78 Å². The molecule has 0 bridgehead atoms. The average Bonchev–Trinajstić information content (AvgIpc) is 2.94. The van der Waals surface area contributed by atoms with Gasteiger partial charge in [-0.15, -0.1) is 0 Å². The maximum Gasteiger partial charge on any atom is 0.0831 e. The smallest absolute Gasteiger partial charge is 0.0831 e. The van der Waals surface area contributed by atoms with E-state index in [4.69, 9.17) is 0 Å². The number of halogens is 1. The molecule has 2 aromatic carbocycles. The predicted molar refractivity (Wildman–Crippen MR) is 88.2 cm³/mol. The maximum atomic E-state index is 10.4. The van der Waals surface area contributed by atoms with Gasteiger partial charge < -0.3 is 5.11 Å². The van der Waals surface area contributed by atoms with Gasteiger partial charge in [-0.2, -0.15) is 5.10 Å². The molecule has 3 rings (SSSR count). The topological polar surface area (TPSA) is 38.0 Å². The average molecular weight is 345 g/mol. The quantitative estimate of drug-likeness (QED) is 0.773. The number of rotatable bonds is 4. The maximum absolute atomic E-state index is 10.4. The van der Waals surface area contributed by atoms with Crippen LogP contribution in [0.1, 0.15) is 24.2 Å². The number of hydrogen-bond donors (Lipinski definition) is 1. The SMILES string of the molecule is CCn1cc(CC(O)c2ccc3cc(Br)ccc3c2)cn1. The molecular formula is C17H17BrN2O. The molecule has 0 radical (unpaired) electrons. The number of hydrogen-bond acceptors (Lipinski definition) is 2. The molecule has 1 atom stereocenters. The molecule has 0 saturated carbocycles. The minimum atomic E-state index is -0.507. The molecular weight excluding hydrogens is 328 g/mol. The van der Waals surface area contributed by atoms with Crippen molar-refractivity contribution in [3.05, 3.63) is 64.4 Å². The van der Waals surface area contributed by atoms with Crippen molar-refractivity contribution in [3.63, 3.8) is 0 Å². The standard InChI is InChI=1S/C17H17BrN2O/c1-2-20-11-12(10-19-20)7-17(21)15-4-3-14-9-16(18)6-5-13(14)8-15/h3-6,8-11,17,21H,2,7H2,1H3. The Kier molecular flexibility index (Phi) is 4.08. The minimum Gasteiger partial charge on any atom is -0.388 e. The Labute approximate surface area is 132 Å². The van der Waals surface area contributed by atoms with Crippen molar-refractivity contribution in [2.24, 2.45) is 0 Å². The fraction of sp³-hybridized carbons (Fsp3) is 0.235. The van der Waals surface area contributed by atoms with E-state index in [2.05, 4.69) is 46.2 Å². The molecule has 4 heteroatoms. The summed E-state index contributed by atoms with van der Waals surface area (Å²) < 4.78 is 2.94. The molecule has 0 aliphatic rings. The summed E-state index contributed by atoms with van der Waals surface area (Å²) in [5.74, 6) is 0. The number of aliphatic hydroxyl groups excluding tert-OH is 1. The van der Waals surface area contributed by atoms with Gasteiger partial charge in [0.2, 0.25) is 0 Å². The largest absolute Gasteiger partial charge is 0.388 e. The Hall–Kier alpha value is -1.65. The molecule has 3 aromatic rings. The number of aromatic nitrogens is 2. The van der Waals surface area contributed by atoms with Gasteiger partial charge in [-0.1, -0.05) is 34.1 Å². The zero-order chi connectivity index (χ0) is 14.8. The van der Waals surface area contributed by atoms with Crippen LogP contribution in [0, 0.1) is 0 Å². The number of aryl methyl sites for hydroxylation is 1. The van der Waals surface area contributed by atoms with E-state index in [0.717, 1.165) is 27.5 Å². The summed E-state index contributed by atoms with van der Waals surface area (Å²) in [5.41, 5.74) is 1.99. The van der Waals surface area contributed by atoms with Gasteiger partial charge in [-0.25, -0.2) is 0 Å². The first-order valence-electron chi connectivity index (χ1n) is 7.04. The Morgan fingerprint density at radius 3 is 2.71 bits per heavy atom. The summed E-state index contributed by atoms with van der Waals surface area (Å²) in [6.07, 6.45) is 3.89. The monoisotopic (exact) mass is 344 g/mol. The molecule has 1 N–H and O–H groups in total. The van der Waals surface area contributed by atoms with Gasteiger partial charge in [0.15, 0.2) is 0 Å². The lowest BCUT2D eigenvalue weighted by atomic mass is 10.00. The molecule has 0 amide bonds. The Bertz CT molecular complexity index is 766. The number of aliphatic hydroxyl groups is 1. The summed E-state index contributed by atoms with van der Waals surface area (Å²) in [6.45, 7) is 2.90. The van der Waals surface area contributed by atoms with Crippen LogP contribution in [0.2, 0.25) is 0 Å². The van der Waals surface area contributed by atoms with E-state index >= 15 is 0 Å². The normalized spacial score (nSPS) is 12.7. The van der Waals surface area contributed by atoms with Crippen LogP contribution in [0.25, 0.3) is 10.8 Å². The van der Waals surface area contributed by atoms with Crippen molar-refractivity contribution < 1.29 is 5.11 Å². The summed E-state index contributed by atoms with van der Waals surface area (Å²) in [5, 5.41) is 17.0. The lowest BCUT2D eigenvalue weighted by Crippen LogP contribution is -2.01. The second-order valence-corrected chi connectivity index (χ2v) is 6.09. The van der Waals surface area contributed by atoms with Crippen LogP contribution in [0.15, 0.2) is 53.3 Å². The number of benzene rings is 2. The van der Waals surface area contributed by atoms with Crippen LogP contribution < -0.4 is 0 Å². The van der Waals surface area contributed by atoms with Gasteiger partial charge in [0.05, 0.1) is 12.3 Å². The third kappa shape index (κ3) is 3.17. The van der Waals surface area contributed by atoms with E-state index < -0.39 is 6.10 Å². The Balaban J connectivity index is 1.83. The first-order chi connectivity index (χ1) is 10.2. The van der Waals surface area contributed by atoms with Crippen LogP contribution in [0.5, 0.6) is 0 Å². The van der Waals surface area contributed by atoms with Crippen molar-refractivity contribution in [2.75, 3.05) is 0 Å². The summed E-state index contributed by atoms with van der Waals surface area (Å²) in [4.78, 5) is 0. The molecule has 0 saturated heterocycles. The molecule has 1 unspecified atom stereocenters. The highest BCUT2D eigenvalue weighted by Crippen LogP contribution is 2.25. The van der Waals surface area contributed by atoms with Crippen molar-refractivity contribution >= 4 is 26.7 Å². The molecule has 3 nitrogen and oxygen atoms in total. The second-order valence-electron chi connectivity index (χ2n) is 5.18. The fourth-order valence-corrected chi connectivity index (χ4v) is 2.85. The lowest BCUT2D eigenvalue weighted by molar-refractivity contribution is 0.178. The van der Waals surface area contributed by atoms with E-state index in [-0.39, 0.29) is 0 Å². The highest BCUT2D eigenvalue weighted by molar-refractivity contribution is 9.10. The van der Waals surface area contributed by atoms with Gasteiger partial charge in [0.25, 0.3) is 0 Å². The zero-order valence-corrected chi connectivity index (χ0v) is 13.4. The summed E-state index contributed by atoms with van der Waals surface area (Å²) >= 11 is 3.47. The first kappa shape index (κ1) is 14.3. The van der Waals surface area contributed by atoms with E-state index in [9.17, 15) is 5.11 Å². The minimum absolute atomic E-state index is 0.507. The number of nitrogens with zero attached hydrogens (tertiary/aromatic N) is 2. The Morgan fingerprint density at radius 1 is 1.19 bits per heavy atom. The molecule has 1 aromatic heterocycles. The number of fused-ring (bicyclic) bond motifs is 1. The molecule has 1 heterocycles. The molecule has 0 aliphatic carbocycles. The fourth-order valence-electron chi connectivity index (χ4n) is 2.47. The van der Waals surface area contributed by atoms with Gasteiger partial charge in [-0.05, 0) is 47.0 Å². The highest BCUT2D eigenvalue weighted by Gasteiger charge is 2.10. The molecule has 0 spiro atoms. The van der Waals surface area contributed by atoms with Crippen molar-refractivity contribution in [2.45, 2.75) is 26.0 Å². The van der Waals surface area contributed by atoms with Crippen LogP contribution in [0.4, 0.5) is 0 Å². The van der Waals surface area contributed by atoms with Gasteiger partial charge in [0, 0.05) is 23.6 Å². The van der Waals surface area contributed by atoms with Crippen LogP contribution in [-0.4, -0.2) is 14.9 Å². The first-order valence-corrected chi connectivity index (χ1v) is 7.83. The summed E-state index contributed by atoms with van der Waals surface area (Å²) in [7, 11) is 0. The Morgan fingerprint density at radius 2 is 1.95 bits per heavy atom. The highest BCUT2D eigenvalue weighted by atomic mass is 79.9. The van der Waals surface area contributed by atoms with Gasteiger partial charge in [-0.3, -0.25) is 4.68 Å². The van der Waals surface area contributed by atoms with Crippen LogP contribution in [-0.2, 0) is 13.0 Å². The van der Waals surface area contributed by atoms with Crippen LogP contribution in [0.3, 0.4) is 0 Å². The molecule has 0 aliphatic heterocycles. The summed E-state index contributed by atoms with van der Waals surface area (Å²) in [6, 6.07) is 12.2. The second kappa shape index (κ2) is 6.00. The van der Waals surface area contributed by atoms with E-state index in [1.165, 1.54) is 5.39 Å². The third-order valence-corrected chi connectivity index (χ3v) is 4.14. The van der Waals surface area contributed by atoms with Crippen molar-refractivity contribution in [1.29, 1.82) is 0 Å². The van der Waals surface area contributed by atoms with Crippen molar-refractivity contribution in [3.8, 4) is 0 Å². The third-order valence-electron chi connectivity index (χ3n) is 3.65. The van der Waals surface area contributed by atoms with E-state index in [1.807, 2.05) is 35.3 Å². The molecule has 21 heavy (non-hydrogen) atoms. The lowest BCUT2D eigenvalue weighted by Gasteiger charge is -2.11. The van der Waals surface area contributed by atoms with Gasteiger partial charge >= 0.3 is 0 Å². The molecule has 0 fully saturated rings. The van der Waals surface area contributed by atoms with E-state index in [0.29, 0.717) is 6.42 Å². The van der Waals surface area contributed by atoms with Gasteiger partial charge in [0.1, 0.15) is 0 Å². The zero-order valence-electron chi connectivity index (χ0n) is 11.8. The van der Waals surface area contributed by atoms with E-state index in [1.54, 1.807) is 0 Å². The van der Waals surface area contributed by atoms with Crippen LogP contribution >= 0.6 is 15.9 Å².